The third kappa shape index (κ3) is 4.72. The SMILES string of the molecule is Cc1c(CC(=O)O)c2cc(F)ccc2n1C(=O)c1ccc(OC[C@@H]2CN(C)c3cc(F)ccc3O2)cc1. The summed E-state index contributed by atoms with van der Waals surface area (Å²) in [5.41, 5.74) is 2.34. The van der Waals surface area contributed by atoms with Gasteiger partial charge >= 0.3 is 5.97 Å². The molecule has 4 aromatic rings. The van der Waals surface area contributed by atoms with Crippen LogP contribution < -0.4 is 14.4 Å². The van der Waals surface area contributed by atoms with Gasteiger partial charge in [-0.05, 0) is 67.1 Å². The van der Waals surface area contributed by atoms with E-state index >= 15 is 0 Å². The number of aromatic nitrogens is 1. The second kappa shape index (κ2) is 9.57. The maximum absolute atomic E-state index is 13.9. The molecule has 0 saturated heterocycles. The van der Waals surface area contributed by atoms with E-state index in [-0.39, 0.29) is 30.9 Å². The van der Waals surface area contributed by atoms with Crippen LogP contribution >= 0.6 is 0 Å². The first-order chi connectivity index (χ1) is 17.7. The Balaban J connectivity index is 1.32. The Morgan fingerprint density at radius 1 is 1.05 bits per heavy atom. The van der Waals surface area contributed by atoms with Gasteiger partial charge in [0.15, 0.2) is 0 Å². The lowest BCUT2D eigenvalue weighted by molar-refractivity contribution is -0.136. The standard InChI is InChI=1S/C28H24F2N2O5/c1-16-22(13-27(33)34)23-11-18(29)5-9-24(23)32(16)28(35)17-3-7-20(8-4-17)36-15-21-14-31(2)25-12-19(30)6-10-26(25)37-21/h3-12,21H,13-15H2,1-2H3,(H,33,34)/t21-/m0/s1. The van der Waals surface area contributed by atoms with Crippen LogP contribution in [0.3, 0.4) is 0 Å². The Kier molecular flexibility index (Phi) is 6.29. The molecule has 0 unspecified atom stereocenters. The van der Waals surface area contributed by atoms with E-state index in [1.54, 1.807) is 37.3 Å². The molecule has 0 spiro atoms. The molecular weight excluding hydrogens is 482 g/mol. The van der Waals surface area contributed by atoms with E-state index in [9.17, 15) is 23.5 Å². The molecule has 0 saturated carbocycles. The van der Waals surface area contributed by atoms with Crippen molar-refractivity contribution in [1.29, 1.82) is 0 Å². The van der Waals surface area contributed by atoms with Gasteiger partial charge in [0, 0.05) is 29.8 Å². The van der Waals surface area contributed by atoms with E-state index < -0.39 is 11.8 Å². The van der Waals surface area contributed by atoms with Crippen molar-refractivity contribution in [2.24, 2.45) is 0 Å². The van der Waals surface area contributed by atoms with Crippen LogP contribution in [0.4, 0.5) is 14.5 Å². The number of rotatable bonds is 6. The van der Waals surface area contributed by atoms with E-state index in [0.29, 0.717) is 51.5 Å². The average molecular weight is 507 g/mol. The van der Waals surface area contributed by atoms with E-state index in [1.807, 2.05) is 11.9 Å². The zero-order valence-electron chi connectivity index (χ0n) is 20.2. The summed E-state index contributed by atoms with van der Waals surface area (Å²) in [6.07, 6.45) is -0.595. The molecular formula is C28H24F2N2O5. The largest absolute Gasteiger partial charge is 0.490 e. The highest BCUT2D eigenvalue weighted by Gasteiger charge is 2.25. The topological polar surface area (TPSA) is 81.0 Å². The fraction of sp³-hybridized carbons (Fsp3) is 0.214. The fourth-order valence-corrected chi connectivity index (χ4v) is 4.70. The van der Waals surface area contributed by atoms with Crippen molar-refractivity contribution in [2.45, 2.75) is 19.4 Å². The van der Waals surface area contributed by atoms with Crippen LogP contribution in [-0.4, -0.2) is 47.9 Å². The summed E-state index contributed by atoms with van der Waals surface area (Å²) in [5.74, 6) is -1.14. The van der Waals surface area contributed by atoms with Crippen LogP contribution in [0.25, 0.3) is 10.9 Å². The van der Waals surface area contributed by atoms with Crippen molar-refractivity contribution in [3.8, 4) is 11.5 Å². The molecule has 1 aliphatic rings. The highest BCUT2D eigenvalue weighted by molar-refractivity contribution is 6.04. The van der Waals surface area contributed by atoms with E-state index in [0.717, 1.165) is 0 Å². The number of hydrogen-bond acceptors (Lipinski definition) is 5. The molecule has 1 aromatic heterocycles. The lowest BCUT2D eigenvalue weighted by atomic mass is 10.1. The Morgan fingerprint density at radius 3 is 2.49 bits per heavy atom. The lowest BCUT2D eigenvalue weighted by Gasteiger charge is -2.33. The zero-order chi connectivity index (χ0) is 26.3. The molecule has 3 aromatic carbocycles. The highest BCUT2D eigenvalue weighted by atomic mass is 19.1. The first-order valence-corrected chi connectivity index (χ1v) is 11.7. The summed E-state index contributed by atoms with van der Waals surface area (Å²) in [5, 5.41) is 9.70. The Hall–Kier alpha value is -4.40. The molecule has 7 nitrogen and oxygen atoms in total. The maximum Gasteiger partial charge on any atom is 0.307 e. The number of likely N-dealkylation sites (N-methyl/N-ethyl adjacent to an activating group) is 1. The van der Waals surface area contributed by atoms with Crippen molar-refractivity contribution in [3.63, 3.8) is 0 Å². The number of carbonyl (C=O) groups excluding carboxylic acids is 1. The van der Waals surface area contributed by atoms with Crippen LogP contribution in [-0.2, 0) is 11.2 Å². The van der Waals surface area contributed by atoms with Gasteiger partial charge in [-0.3, -0.25) is 14.2 Å². The maximum atomic E-state index is 13.9. The number of carboxylic acids is 1. The van der Waals surface area contributed by atoms with Crippen LogP contribution in [0.5, 0.6) is 11.5 Å². The minimum absolute atomic E-state index is 0.250. The van der Waals surface area contributed by atoms with Crippen LogP contribution in [0, 0.1) is 18.6 Å². The fourth-order valence-electron chi connectivity index (χ4n) is 4.70. The van der Waals surface area contributed by atoms with Crippen LogP contribution in [0.1, 0.15) is 21.6 Å². The smallest absolute Gasteiger partial charge is 0.307 e. The molecule has 1 atom stereocenters. The summed E-state index contributed by atoms with van der Waals surface area (Å²) in [6, 6.07) is 14.9. The molecule has 0 fully saturated rings. The van der Waals surface area contributed by atoms with Crippen LogP contribution in [0.15, 0.2) is 60.7 Å². The van der Waals surface area contributed by atoms with E-state index in [1.165, 1.54) is 34.9 Å². The first kappa shape index (κ1) is 24.3. The molecule has 0 radical (unpaired) electrons. The van der Waals surface area contributed by atoms with Gasteiger partial charge in [0.2, 0.25) is 0 Å². The molecule has 1 aliphatic heterocycles. The highest BCUT2D eigenvalue weighted by Crippen LogP contribution is 2.33. The zero-order valence-corrected chi connectivity index (χ0v) is 20.2. The summed E-state index contributed by atoms with van der Waals surface area (Å²) >= 11 is 0. The molecule has 0 amide bonds. The van der Waals surface area contributed by atoms with Crippen molar-refractivity contribution in [2.75, 3.05) is 25.1 Å². The number of carboxylic acid groups (broad SMARTS) is 1. The van der Waals surface area contributed by atoms with Gasteiger partial charge in [0.25, 0.3) is 5.91 Å². The molecule has 9 heteroatoms. The van der Waals surface area contributed by atoms with Gasteiger partial charge < -0.3 is 19.5 Å². The van der Waals surface area contributed by atoms with Gasteiger partial charge in [-0.2, -0.15) is 0 Å². The van der Waals surface area contributed by atoms with Crippen molar-refractivity contribution in [1.82, 2.24) is 4.57 Å². The molecule has 0 bridgehead atoms. The van der Waals surface area contributed by atoms with Crippen molar-refractivity contribution in [3.05, 3.63) is 89.1 Å². The summed E-state index contributed by atoms with van der Waals surface area (Å²) < 4.78 is 40.6. The molecule has 2 heterocycles. The Morgan fingerprint density at radius 2 is 1.76 bits per heavy atom. The number of ether oxygens (including phenoxy) is 2. The number of benzene rings is 3. The quantitative estimate of drug-likeness (QED) is 0.404. The summed E-state index contributed by atoms with van der Waals surface area (Å²) in [6.45, 7) is 2.42. The molecule has 37 heavy (non-hydrogen) atoms. The third-order valence-corrected chi connectivity index (χ3v) is 6.47. The third-order valence-electron chi connectivity index (χ3n) is 6.47. The molecule has 5 rings (SSSR count). The first-order valence-electron chi connectivity index (χ1n) is 11.7. The summed E-state index contributed by atoms with van der Waals surface area (Å²) in [4.78, 5) is 26.7. The normalized spacial score (nSPS) is 14.8. The minimum Gasteiger partial charge on any atom is -0.490 e. The van der Waals surface area contributed by atoms with Gasteiger partial charge in [-0.25, -0.2) is 8.78 Å². The number of anilines is 1. The van der Waals surface area contributed by atoms with Gasteiger partial charge in [0.05, 0.1) is 24.2 Å². The second-order valence-electron chi connectivity index (χ2n) is 9.00. The number of aliphatic carboxylic acids is 1. The van der Waals surface area contributed by atoms with E-state index in [2.05, 4.69) is 0 Å². The van der Waals surface area contributed by atoms with Crippen molar-refractivity contribution >= 4 is 28.5 Å². The van der Waals surface area contributed by atoms with Gasteiger partial charge in [-0.1, -0.05) is 0 Å². The molecule has 1 N–H and O–H groups in total. The van der Waals surface area contributed by atoms with E-state index in [4.69, 9.17) is 9.47 Å². The van der Waals surface area contributed by atoms with Crippen LogP contribution in [0.2, 0.25) is 0 Å². The van der Waals surface area contributed by atoms with Crippen molar-refractivity contribution < 1.29 is 33.0 Å². The number of halogens is 2. The van der Waals surface area contributed by atoms with Gasteiger partial charge in [-0.15, -0.1) is 0 Å². The predicted molar refractivity (Wildman–Crippen MR) is 134 cm³/mol. The molecule has 190 valence electrons. The predicted octanol–water partition coefficient (Wildman–Crippen LogP) is 4.82. The number of fused-ring (bicyclic) bond motifs is 2. The Bertz CT molecular complexity index is 1510. The number of nitrogens with zero attached hydrogens (tertiary/aromatic N) is 2. The Labute approximate surface area is 211 Å². The van der Waals surface area contributed by atoms with Gasteiger partial charge in [0.1, 0.15) is 35.8 Å². The monoisotopic (exact) mass is 506 g/mol. The number of carbonyl (C=O) groups is 2. The average Bonchev–Trinajstić information content (AvgIpc) is 3.13. The second-order valence-corrected chi connectivity index (χ2v) is 9.00. The number of hydrogen-bond donors (Lipinski definition) is 1. The lowest BCUT2D eigenvalue weighted by Crippen LogP contribution is -2.41. The minimum atomic E-state index is -1.07. The molecule has 0 aliphatic carbocycles. The summed E-state index contributed by atoms with van der Waals surface area (Å²) in [7, 11) is 1.86.